The van der Waals surface area contributed by atoms with Crippen molar-refractivity contribution in [1.29, 1.82) is 0 Å². The molecule has 2 aromatic heterocycles. The minimum absolute atomic E-state index is 0.321. The van der Waals surface area contributed by atoms with Crippen LogP contribution in [0.15, 0.2) is 48.8 Å². The van der Waals surface area contributed by atoms with Crippen LogP contribution in [-0.2, 0) is 4.79 Å². The summed E-state index contributed by atoms with van der Waals surface area (Å²) in [7, 11) is 0. The minimum Gasteiger partial charge on any atom is -0.368 e. The number of nitrogens with zero attached hydrogens (tertiary/aromatic N) is 2. The summed E-state index contributed by atoms with van der Waals surface area (Å²) in [5.74, 6) is -0.853. The zero-order valence-corrected chi connectivity index (χ0v) is 11.5. The fraction of sp³-hybridized carbons (Fsp3) is 0.125. The van der Waals surface area contributed by atoms with Crippen molar-refractivity contribution in [1.82, 2.24) is 9.55 Å². The topological polar surface area (TPSA) is 60.9 Å². The molecular formula is C16H14FN3O. The summed E-state index contributed by atoms with van der Waals surface area (Å²) in [5.41, 5.74) is 7.61. The number of aryl methyl sites for hydroxylation is 1. The maximum Gasteiger partial charge on any atom is 0.246 e. The molecule has 4 nitrogen and oxygen atoms in total. The van der Waals surface area contributed by atoms with Crippen LogP contribution in [0.4, 0.5) is 4.39 Å². The molecule has 0 aliphatic carbocycles. The van der Waals surface area contributed by atoms with Crippen LogP contribution in [0.25, 0.3) is 10.9 Å². The van der Waals surface area contributed by atoms with Gasteiger partial charge in [-0.2, -0.15) is 0 Å². The normalized spacial score (nSPS) is 12.5. The number of primary amides is 1. The van der Waals surface area contributed by atoms with Crippen LogP contribution >= 0.6 is 0 Å². The lowest BCUT2D eigenvalue weighted by atomic mass is 10.1. The quantitative estimate of drug-likeness (QED) is 0.803. The lowest BCUT2D eigenvalue weighted by Crippen LogP contribution is -2.28. The zero-order valence-electron chi connectivity index (χ0n) is 11.5. The molecule has 1 atom stereocenters. The van der Waals surface area contributed by atoms with Gasteiger partial charge < -0.3 is 10.3 Å². The van der Waals surface area contributed by atoms with Crippen molar-refractivity contribution in [2.75, 3.05) is 0 Å². The SMILES string of the molecule is Cc1ccc(F)c2ccn(C(C(N)=O)c3ccccn3)c12. The Hall–Kier alpha value is -2.69. The first-order chi connectivity index (χ1) is 10.1. The summed E-state index contributed by atoms with van der Waals surface area (Å²) >= 11 is 0. The van der Waals surface area contributed by atoms with Crippen molar-refractivity contribution in [2.24, 2.45) is 5.73 Å². The van der Waals surface area contributed by atoms with E-state index in [9.17, 15) is 9.18 Å². The number of amides is 1. The fourth-order valence-corrected chi connectivity index (χ4v) is 2.60. The molecule has 2 heterocycles. The zero-order chi connectivity index (χ0) is 15.0. The average Bonchev–Trinajstić information content (AvgIpc) is 2.90. The van der Waals surface area contributed by atoms with E-state index in [4.69, 9.17) is 5.73 Å². The van der Waals surface area contributed by atoms with Crippen LogP contribution < -0.4 is 5.73 Å². The largest absolute Gasteiger partial charge is 0.368 e. The predicted octanol–water partition coefficient (Wildman–Crippen LogP) is 2.56. The monoisotopic (exact) mass is 283 g/mol. The molecule has 0 bridgehead atoms. The number of hydrogen-bond acceptors (Lipinski definition) is 2. The number of fused-ring (bicyclic) bond motifs is 1. The molecular weight excluding hydrogens is 269 g/mol. The third kappa shape index (κ3) is 2.16. The lowest BCUT2D eigenvalue weighted by Gasteiger charge is -2.17. The molecule has 0 saturated heterocycles. The first-order valence-electron chi connectivity index (χ1n) is 6.55. The minimum atomic E-state index is -0.760. The van der Waals surface area contributed by atoms with Gasteiger partial charge in [-0.3, -0.25) is 9.78 Å². The number of halogens is 1. The maximum atomic E-state index is 13.9. The van der Waals surface area contributed by atoms with Crippen molar-refractivity contribution in [3.8, 4) is 0 Å². The molecule has 2 N–H and O–H groups in total. The molecule has 3 aromatic rings. The van der Waals surface area contributed by atoms with E-state index < -0.39 is 11.9 Å². The molecule has 5 heteroatoms. The molecule has 1 aromatic carbocycles. The Labute approximate surface area is 121 Å². The van der Waals surface area contributed by atoms with Gasteiger partial charge in [-0.25, -0.2) is 4.39 Å². The van der Waals surface area contributed by atoms with Gasteiger partial charge >= 0.3 is 0 Å². The summed E-state index contributed by atoms with van der Waals surface area (Å²) in [6, 6.07) is 9.28. The number of benzene rings is 1. The molecule has 0 aliphatic heterocycles. The van der Waals surface area contributed by atoms with Gasteiger partial charge in [-0.15, -0.1) is 0 Å². The number of carbonyl (C=O) groups is 1. The van der Waals surface area contributed by atoms with Crippen molar-refractivity contribution < 1.29 is 9.18 Å². The Kier molecular flexibility index (Phi) is 3.17. The van der Waals surface area contributed by atoms with E-state index in [2.05, 4.69) is 4.98 Å². The molecule has 3 rings (SSSR count). The summed E-state index contributed by atoms with van der Waals surface area (Å²) in [6.45, 7) is 1.87. The molecule has 0 spiro atoms. The van der Waals surface area contributed by atoms with Crippen molar-refractivity contribution in [3.63, 3.8) is 0 Å². The molecule has 21 heavy (non-hydrogen) atoms. The van der Waals surface area contributed by atoms with Gasteiger partial charge in [0.15, 0.2) is 6.04 Å². The highest BCUT2D eigenvalue weighted by atomic mass is 19.1. The number of pyridine rings is 1. The third-order valence-corrected chi connectivity index (χ3v) is 3.54. The van der Waals surface area contributed by atoms with Crippen LogP contribution in [0.3, 0.4) is 0 Å². The Bertz CT molecular complexity index is 811. The Balaban J connectivity index is 2.27. The van der Waals surface area contributed by atoms with Gasteiger partial charge in [-0.1, -0.05) is 12.1 Å². The molecule has 0 fully saturated rings. The van der Waals surface area contributed by atoms with E-state index in [1.165, 1.54) is 6.07 Å². The first kappa shape index (κ1) is 13.3. The molecule has 0 saturated carbocycles. The lowest BCUT2D eigenvalue weighted by molar-refractivity contribution is -0.120. The van der Waals surface area contributed by atoms with Crippen LogP contribution in [0.1, 0.15) is 17.3 Å². The number of rotatable bonds is 3. The first-order valence-corrected chi connectivity index (χ1v) is 6.55. The molecule has 0 aliphatic rings. The summed E-state index contributed by atoms with van der Waals surface area (Å²) in [6.07, 6.45) is 3.27. The number of carbonyl (C=O) groups excluding carboxylic acids is 1. The highest BCUT2D eigenvalue weighted by molar-refractivity contribution is 5.88. The van der Waals surface area contributed by atoms with E-state index in [0.29, 0.717) is 16.6 Å². The Morgan fingerprint density at radius 3 is 2.76 bits per heavy atom. The smallest absolute Gasteiger partial charge is 0.246 e. The van der Waals surface area contributed by atoms with E-state index in [-0.39, 0.29) is 5.82 Å². The van der Waals surface area contributed by atoms with Crippen LogP contribution in [0, 0.1) is 12.7 Å². The number of aromatic nitrogens is 2. The standard InChI is InChI=1S/C16H14FN3O/c1-10-5-6-12(17)11-7-9-20(14(10)11)15(16(18)21)13-4-2-3-8-19-13/h2-9,15H,1H3,(H2,18,21). The fourth-order valence-electron chi connectivity index (χ4n) is 2.60. The molecule has 0 radical (unpaired) electrons. The highest BCUT2D eigenvalue weighted by Crippen LogP contribution is 2.28. The predicted molar refractivity (Wildman–Crippen MR) is 78.2 cm³/mol. The number of nitrogens with two attached hydrogens (primary N) is 1. The van der Waals surface area contributed by atoms with E-state index in [1.54, 1.807) is 47.3 Å². The maximum absolute atomic E-state index is 13.9. The van der Waals surface area contributed by atoms with Crippen LogP contribution in [-0.4, -0.2) is 15.5 Å². The van der Waals surface area contributed by atoms with Gasteiger partial charge in [0.1, 0.15) is 5.82 Å². The summed E-state index contributed by atoms with van der Waals surface area (Å²) in [4.78, 5) is 16.1. The second-order valence-corrected chi connectivity index (χ2v) is 4.91. The second kappa shape index (κ2) is 5.01. The average molecular weight is 283 g/mol. The van der Waals surface area contributed by atoms with Crippen LogP contribution in [0.5, 0.6) is 0 Å². The van der Waals surface area contributed by atoms with Gasteiger partial charge in [-0.05, 0) is 36.8 Å². The van der Waals surface area contributed by atoms with Crippen LogP contribution in [0.2, 0.25) is 0 Å². The van der Waals surface area contributed by atoms with Gasteiger partial charge in [0.2, 0.25) is 5.91 Å². The van der Waals surface area contributed by atoms with E-state index in [0.717, 1.165) is 5.56 Å². The molecule has 1 unspecified atom stereocenters. The highest BCUT2D eigenvalue weighted by Gasteiger charge is 2.23. The van der Waals surface area contributed by atoms with Gasteiger partial charge in [0.05, 0.1) is 11.2 Å². The van der Waals surface area contributed by atoms with E-state index >= 15 is 0 Å². The summed E-state index contributed by atoms with van der Waals surface area (Å²) < 4.78 is 15.6. The van der Waals surface area contributed by atoms with Crippen molar-refractivity contribution in [2.45, 2.75) is 13.0 Å². The third-order valence-electron chi connectivity index (χ3n) is 3.54. The van der Waals surface area contributed by atoms with E-state index in [1.807, 2.05) is 6.92 Å². The molecule has 1 amide bonds. The van der Waals surface area contributed by atoms with Gasteiger partial charge in [0, 0.05) is 17.8 Å². The molecule has 106 valence electrons. The Morgan fingerprint density at radius 2 is 2.10 bits per heavy atom. The van der Waals surface area contributed by atoms with Crippen molar-refractivity contribution in [3.05, 3.63) is 65.9 Å². The number of hydrogen-bond donors (Lipinski definition) is 1. The Morgan fingerprint density at radius 1 is 1.29 bits per heavy atom. The van der Waals surface area contributed by atoms with Gasteiger partial charge in [0.25, 0.3) is 0 Å². The summed E-state index contributed by atoms with van der Waals surface area (Å²) in [5, 5.41) is 0.470. The second-order valence-electron chi connectivity index (χ2n) is 4.91. The van der Waals surface area contributed by atoms with Crippen molar-refractivity contribution >= 4 is 16.8 Å².